The highest BCUT2D eigenvalue weighted by molar-refractivity contribution is 5.78. The third-order valence-corrected chi connectivity index (χ3v) is 5.42. The molecule has 0 N–H and O–H groups in total. The van der Waals surface area contributed by atoms with Crippen LogP contribution in [0.1, 0.15) is 51.5 Å². The van der Waals surface area contributed by atoms with Crippen molar-refractivity contribution >= 4 is 5.97 Å². The summed E-state index contributed by atoms with van der Waals surface area (Å²) in [6.45, 7) is 3.67. The number of carbonyl (C=O) groups excluding carboxylic acids is 1. The first kappa shape index (κ1) is 18.9. The molecule has 0 heterocycles. The Morgan fingerprint density at radius 1 is 1.15 bits per heavy atom. The highest BCUT2D eigenvalue weighted by Crippen LogP contribution is 2.60. The van der Waals surface area contributed by atoms with Gasteiger partial charge in [0, 0.05) is 0 Å². The maximum absolute atomic E-state index is 14.2. The van der Waals surface area contributed by atoms with Gasteiger partial charge in [-0.3, -0.25) is 4.79 Å². The Kier molecular flexibility index (Phi) is 4.84. The van der Waals surface area contributed by atoms with E-state index in [2.05, 4.69) is 4.74 Å². The molecule has 0 aromatic heterocycles. The maximum Gasteiger partial charge on any atom is 0.312 e. The van der Waals surface area contributed by atoms with Gasteiger partial charge in [-0.2, -0.15) is 4.39 Å². The van der Waals surface area contributed by atoms with Gasteiger partial charge in [0.2, 0.25) is 0 Å². The van der Waals surface area contributed by atoms with Crippen LogP contribution in [0.25, 0.3) is 0 Å². The molecule has 3 unspecified atom stereocenters. The van der Waals surface area contributed by atoms with Gasteiger partial charge in [-0.15, -0.1) is 0 Å². The summed E-state index contributed by atoms with van der Waals surface area (Å²) in [5.41, 5.74) is -0.368. The van der Waals surface area contributed by atoms with Crippen molar-refractivity contribution in [2.24, 2.45) is 17.3 Å². The summed E-state index contributed by atoms with van der Waals surface area (Å²) in [7, 11) is 0. The van der Waals surface area contributed by atoms with Crippen LogP contribution >= 0.6 is 0 Å². The lowest BCUT2D eigenvalue weighted by Crippen LogP contribution is -2.15. The number of rotatable bonds is 4. The quantitative estimate of drug-likeness (QED) is 0.228. The fraction of sp³-hybridized carbons (Fsp3) is 0.526. The number of esters is 1. The molecular weight excluding hydrogens is 355 g/mol. The Morgan fingerprint density at radius 3 is 2.38 bits per heavy atom. The van der Waals surface area contributed by atoms with E-state index in [9.17, 15) is 26.7 Å². The minimum atomic E-state index is -2.72. The lowest BCUT2D eigenvalue weighted by Gasteiger charge is -2.12. The fourth-order valence-corrected chi connectivity index (χ4v) is 3.68. The van der Waals surface area contributed by atoms with E-state index < -0.39 is 52.5 Å². The average molecular weight is 374 g/mol. The minimum absolute atomic E-state index is 0.123. The van der Waals surface area contributed by atoms with Crippen molar-refractivity contribution in [3.63, 3.8) is 0 Å². The second-order valence-corrected chi connectivity index (χ2v) is 7.50. The van der Waals surface area contributed by atoms with Gasteiger partial charge in [-0.1, -0.05) is 25.5 Å². The molecule has 0 bridgehead atoms. The van der Waals surface area contributed by atoms with Gasteiger partial charge in [0.1, 0.15) is 0 Å². The predicted octanol–water partition coefficient (Wildman–Crippen LogP) is 5.53. The summed E-state index contributed by atoms with van der Waals surface area (Å²) < 4.78 is 71.8. The summed E-state index contributed by atoms with van der Waals surface area (Å²) in [5, 5.41) is 0. The van der Waals surface area contributed by atoms with E-state index in [1.165, 1.54) is 5.57 Å². The maximum atomic E-state index is 14.2. The van der Waals surface area contributed by atoms with Crippen molar-refractivity contribution < 1.29 is 31.5 Å². The van der Waals surface area contributed by atoms with Crippen LogP contribution in [0.15, 0.2) is 17.7 Å². The number of ether oxygens (including phenoxy) is 1. The van der Waals surface area contributed by atoms with Crippen molar-refractivity contribution in [1.82, 2.24) is 0 Å². The molecule has 7 heteroatoms. The number of alkyl halides is 1. The highest BCUT2D eigenvalue weighted by Gasteiger charge is 2.62. The first-order valence-corrected chi connectivity index (χ1v) is 8.51. The highest BCUT2D eigenvalue weighted by atomic mass is 19.2. The van der Waals surface area contributed by atoms with Gasteiger partial charge in [0.25, 0.3) is 6.36 Å². The van der Waals surface area contributed by atoms with Crippen molar-refractivity contribution in [3.05, 3.63) is 46.5 Å². The molecule has 142 valence electrons. The van der Waals surface area contributed by atoms with E-state index in [0.29, 0.717) is 0 Å². The third kappa shape index (κ3) is 3.23. The Hall–Kier alpha value is -1.92. The van der Waals surface area contributed by atoms with Crippen LogP contribution in [0.5, 0.6) is 0 Å². The van der Waals surface area contributed by atoms with E-state index >= 15 is 0 Å². The van der Waals surface area contributed by atoms with Crippen LogP contribution in [0.2, 0.25) is 0 Å². The molecule has 26 heavy (non-hydrogen) atoms. The summed E-state index contributed by atoms with van der Waals surface area (Å²) in [6.07, 6.45) is 3.44. The number of hydrogen-bond acceptors (Lipinski definition) is 2. The number of allylic oxidation sites excluding steroid dienone is 2. The molecule has 3 rings (SSSR count). The van der Waals surface area contributed by atoms with E-state index in [0.717, 1.165) is 25.7 Å². The normalized spacial score (nSPS) is 25.1. The van der Waals surface area contributed by atoms with Crippen molar-refractivity contribution in [2.45, 2.75) is 45.9 Å². The number of benzene rings is 1. The summed E-state index contributed by atoms with van der Waals surface area (Å²) >= 11 is 0. The lowest BCUT2D eigenvalue weighted by atomic mass is 10.1. The zero-order valence-electron chi connectivity index (χ0n) is 14.4. The van der Waals surface area contributed by atoms with Gasteiger partial charge in [0.05, 0.1) is 11.5 Å². The zero-order chi connectivity index (χ0) is 19.2. The van der Waals surface area contributed by atoms with Gasteiger partial charge < -0.3 is 4.74 Å². The summed E-state index contributed by atoms with van der Waals surface area (Å²) in [6, 6.07) is 0.154. The molecule has 2 fully saturated rings. The molecule has 2 saturated carbocycles. The summed E-state index contributed by atoms with van der Waals surface area (Å²) in [5.74, 6) is -9.51. The molecule has 0 spiro atoms. The Labute approximate surface area is 148 Å². The third-order valence-electron chi connectivity index (χ3n) is 5.42. The van der Waals surface area contributed by atoms with Crippen LogP contribution in [0.3, 0.4) is 0 Å². The van der Waals surface area contributed by atoms with Gasteiger partial charge in [-0.05, 0) is 43.1 Å². The first-order chi connectivity index (χ1) is 12.1. The van der Waals surface area contributed by atoms with Gasteiger partial charge >= 0.3 is 5.97 Å². The Morgan fingerprint density at radius 2 is 1.77 bits per heavy atom. The Bertz CT molecular complexity index is 764. The lowest BCUT2D eigenvalue weighted by molar-refractivity contribution is -0.161. The molecule has 3 atom stereocenters. The van der Waals surface area contributed by atoms with E-state index in [-0.39, 0.29) is 12.0 Å². The van der Waals surface area contributed by atoms with Crippen LogP contribution < -0.4 is 0 Å². The molecule has 1 aromatic carbocycles. The fourth-order valence-electron chi connectivity index (χ4n) is 3.68. The molecule has 2 aliphatic carbocycles. The van der Waals surface area contributed by atoms with Gasteiger partial charge in [-0.25, -0.2) is 17.6 Å². The van der Waals surface area contributed by atoms with E-state index in [4.69, 9.17) is 0 Å². The van der Waals surface area contributed by atoms with Crippen LogP contribution in [-0.2, 0) is 9.53 Å². The van der Waals surface area contributed by atoms with Crippen LogP contribution in [0, 0.1) is 40.5 Å². The van der Waals surface area contributed by atoms with Crippen molar-refractivity contribution in [2.75, 3.05) is 0 Å². The Balaban J connectivity index is 1.73. The van der Waals surface area contributed by atoms with Crippen molar-refractivity contribution in [1.29, 1.82) is 0 Å². The average Bonchev–Trinajstić information content (AvgIpc) is 2.91. The SMILES string of the molecule is CC1(C)C(C=C2CCCC2)C1C(=O)OC(F)c1cc(F)c(F)c(F)c1F. The molecule has 2 nitrogen and oxygen atoms in total. The number of carbonyl (C=O) groups is 1. The minimum Gasteiger partial charge on any atom is -0.426 e. The summed E-state index contributed by atoms with van der Waals surface area (Å²) in [4.78, 5) is 12.3. The standard InChI is InChI=1S/C19H19F5O2/c1-19(2)11(7-9-5-3-4-6-9)13(19)18(25)26-17(24)10-8-12(20)15(22)16(23)14(10)21/h7-8,11,13,17H,3-6H2,1-2H3. The molecule has 0 radical (unpaired) electrons. The molecular formula is C19H19F5O2. The largest absolute Gasteiger partial charge is 0.426 e. The topological polar surface area (TPSA) is 26.3 Å². The van der Waals surface area contributed by atoms with Crippen molar-refractivity contribution in [3.8, 4) is 0 Å². The number of hydrogen-bond donors (Lipinski definition) is 0. The number of halogens is 5. The first-order valence-electron chi connectivity index (χ1n) is 8.51. The molecule has 1 aromatic rings. The second-order valence-electron chi connectivity index (χ2n) is 7.50. The van der Waals surface area contributed by atoms with Crippen LogP contribution in [-0.4, -0.2) is 5.97 Å². The van der Waals surface area contributed by atoms with E-state index in [1.807, 2.05) is 19.9 Å². The molecule has 0 amide bonds. The monoisotopic (exact) mass is 374 g/mol. The smallest absolute Gasteiger partial charge is 0.312 e. The molecule has 0 saturated heterocycles. The van der Waals surface area contributed by atoms with Gasteiger partial charge in [0.15, 0.2) is 23.3 Å². The van der Waals surface area contributed by atoms with E-state index in [1.54, 1.807) is 0 Å². The zero-order valence-corrected chi connectivity index (χ0v) is 14.4. The molecule has 2 aliphatic rings. The second kappa shape index (κ2) is 6.67. The van der Waals surface area contributed by atoms with Crippen LogP contribution in [0.4, 0.5) is 22.0 Å². The molecule has 0 aliphatic heterocycles. The predicted molar refractivity (Wildman–Crippen MR) is 83.5 cm³/mol.